The predicted octanol–water partition coefficient (Wildman–Crippen LogP) is 9.92. The van der Waals surface area contributed by atoms with E-state index >= 15 is 0 Å². The third kappa shape index (κ3) is 32.9. The Bertz CT molecular complexity index is 723. The molecular weight excluding hydrogens is 592 g/mol. The first-order valence-electron chi connectivity index (χ1n) is 19.8. The molecule has 0 aliphatic carbocycles. The number of unbranched alkanes of at least 4 members (excludes halogenated alkanes) is 19. The van der Waals surface area contributed by atoms with Crippen LogP contribution in [0.3, 0.4) is 0 Å². The van der Waals surface area contributed by atoms with Crippen molar-refractivity contribution in [2.75, 3.05) is 13.2 Å². The molecule has 0 aromatic rings. The highest BCUT2D eigenvalue weighted by atomic mass is 16.6. The molecule has 0 aliphatic rings. The van der Waals surface area contributed by atoms with E-state index in [1.165, 1.54) is 89.9 Å². The maximum atomic E-state index is 12.2. The average Bonchev–Trinajstić information content (AvgIpc) is 3.05. The highest BCUT2D eigenvalue weighted by molar-refractivity contribution is 5.70. The predicted molar refractivity (Wildman–Crippen MR) is 194 cm³/mol. The van der Waals surface area contributed by atoms with Crippen molar-refractivity contribution >= 4 is 11.9 Å². The Morgan fingerprint density at radius 3 is 1.60 bits per heavy atom. The quantitative estimate of drug-likeness (QED) is 0.0350. The van der Waals surface area contributed by atoms with Crippen LogP contribution < -0.4 is 0 Å². The van der Waals surface area contributed by atoms with Crippen LogP contribution in [0.5, 0.6) is 0 Å². The van der Waals surface area contributed by atoms with Crippen LogP contribution in [-0.2, 0) is 19.1 Å². The molecule has 0 saturated heterocycles. The molecule has 0 fully saturated rings. The Morgan fingerprint density at radius 2 is 1.09 bits per heavy atom. The minimum atomic E-state index is -0.824. The lowest BCUT2D eigenvalue weighted by atomic mass is 10.0. The number of carbonyl (C=O) groups is 2. The summed E-state index contributed by atoms with van der Waals surface area (Å²) < 4.78 is 10.5. The van der Waals surface area contributed by atoms with Crippen LogP contribution in [0.4, 0.5) is 0 Å². The molecule has 0 radical (unpaired) electrons. The molecule has 3 atom stereocenters. The molecule has 3 N–H and O–H groups in total. The second-order valence-corrected chi connectivity index (χ2v) is 14.2. The highest BCUT2D eigenvalue weighted by Crippen LogP contribution is 2.16. The first kappa shape index (κ1) is 45.6. The van der Waals surface area contributed by atoms with Crippen LogP contribution in [0.25, 0.3) is 0 Å². The van der Waals surface area contributed by atoms with Crippen molar-refractivity contribution in [2.45, 2.75) is 212 Å². The van der Waals surface area contributed by atoms with Gasteiger partial charge in [0.2, 0.25) is 0 Å². The van der Waals surface area contributed by atoms with E-state index in [1.54, 1.807) is 0 Å². The van der Waals surface area contributed by atoms with E-state index in [-0.39, 0.29) is 25.6 Å². The summed E-state index contributed by atoms with van der Waals surface area (Å²) in [5, 5.41) is 29.8. The maximum Gasteiger partial charge on any atom is 0.306 e. The Labute approximate surface area is 289 Å². The lowest BCUT2D eigenvalue weighted by Gasteiger charge is -2.16. The Balaban J connectivity index is 3.66. The van der Waals surface area contributed by atoms with E-state index in [0.717, 1.165) is 57.3 Å². The summed E-state index contributed by atoms with van der Waals surface area (Å²) >= 11 is 0. The zero-order valence-electron chi connectivity index (χ0n) is 30.9. The van der Waals surface area contributed by atoms with Crippen LogP contribution in [0, 0.1) is 5.92 Å². The minimum Gasteiger partial charge on any atom is -0.462 e. The fourth-order valence-electron chi connectivity index (χ4n) is 5.76. The van der Waals surface area contributed by atoms with E-state index in [4.69, 9.17) is 9.47 Å². The maximum absolute atomic E-state index is 12.2. The van der Waals surface area contributed by atoms with E-state index < -0.39 is 24.3 Å². The summed E-state index contributed by atoms with van der Waals surface area (Å²) in [7, 11) is 0. The number of carbonyl (C=O) groups excluding carboxylic acids is 2. The van der Waals surface area contributed by atoms with Crippen LogP contribution in [-0.4, -0.2) is 58.8 Å². The van der Waals surface area contributed by atoms with Crippen molar-refractivity contribution in [3.8, 4) is 0 Å². The fourth-order valence-corrected chi connectivity index (χ4v) is 5.76. The Morgan fingerprint density at radius 1 is 0.596 bits per heavy atom. The van der Waals surface area contributed by atoms with Gasteiger partial charge in [0.25, 0.3) is 0 Å². The molecule has 47 heavy (non-hydrogen) atoms. The molecule has 7 heteroatoms. The number of ether oxygens (including phenoxy) is 2. The smallest absolute Gasteiger partial charge is 0.306 e. The van der Waals surface area contributed by atoms with Gasteiger partial charge in [0.1, 0.15) is 6.61 Å². The number of hydrogen-bond acceptors (Lipinski definition) is 7. The second kappa shape index (κ2) is 34.4. The topological polar surface area (TPSA) is 113 Å². The zero-order valence-corrected chi connectivity index (χ0v) is 30.9. The van der Waals surface area contributed by atoms with Gasteiger partial charge in [-0.25, -0.2) is 0 Å². The van der Waals surface area contributed by atoms with Crippen LogP contribution in [0.15, 0.2) is 12.2 Å². The number of aliphatic hydroxyl groups is 3. The van der Waals surface area contributed by atoms with Gasteiger partial charge >= 0.3 is 11.9 Å². The number of rotatable bonds is 35. The van der Waals surface area contributed by atoms with Gasteiger partial charge in [0.05, 0.1) is 18.8 Å². The van der Waals surface area contributed by atoms with Crippen molar-refractivity contribution in [3.05, 3.63) is 12.2 Å². The largest absolute Gasteiger partial charge is 0.462 e. The summed E-state index contributed by atoms with van der Waals surface area (Å²) in [6.45, 7) is 6.30. The standard InChI is InChI=1S/C40H76O7/c1-4-5-6-7-19-24-29-37(42)38(43)30-25-20-17-22-27-32-40(45)47-36(33-41)34-46-39(44)31-26-21-16-14-12-10-8-9-11-13-15-18-23-28-35(2)3/h19,24,35-38,41-43H,4-18,20-23,25-34H2,1-3H3/b24-19-/t36-,37-,38-/m0/s1. The lowest BCUT2D eigenvalue weighted by Crippen LogP contribution is -2.28. The normalized spacial score (nSPS) is 13.7. The molecule has 0 bridgehead atoms. The molecule has 0 aromatic heterocycles. The van der Waals surface area contributed by atoms with Gasteiger partial charge < -0.3 is 24.8 Å². The molecule has 0 amide bonds. The molecule has 0 aromatic carbocycles. The van der Waals surface area contributed by atoms with Gasteiger partial charge in [-0.05, 0) is 44.4 Å². The van der Waals surface area contributed by atoms with E-state index in [9.17, 15) is 24.9 Å². The van der Waals surface area contributed by atoms with Crippen molar-refractivity contribution in [1.82, 2.24) is 0 Å². The molecular formula is C40H76O7. The number of hydrogen-bond donors (Lipinski definition) is 3. The van der Waals surface area contributed by atoms with E-state index in [0.29, 0.717) is 25.7 Å². The summed E-state index contributed by atoms with van der Waals surface area (Å²) in [4.78, 5) is 24.3. The van der Waals surface area contributed by atoms with Gasteiger partial charge in [-0.15, -0.1) is 0 Å². The van der Waals surface area contributed by atoms with Crippen molar-refractivity contribution in [3.63, 3.8) is 0 Å². The first-order chi connectivity index (χ1) is 22.8. The molecule has 0 unspecified atom stereocenters. The third-order valence-electron chi connectivity index (χ3n) is 8.94. The molecule has 0 rings (SSSR count). The third-order valence-corrected chi connectivity index (χ3v) is 8.94. The van der Waals surface area contributed by atoms with E-state index in [2.05, 4.69) is 26.8 Å². The van der Waals surface area contributed by atoms with Crippen molar-refractivity contribution in [2.24, 2.45) is 5.92 Å². The molecule has 0 saturated carbocycles. The molecule has 0 heterocycles. The van der Waals surface area contributed by atoms with Gasteiger partial charge in [0, 0.05) is 12.8 Å². The van der Waals surface area contributed by atoms with Crippen LogP contribution >= 0.6 is 0 Å². The fraction of sp³-hybridized carbons (Fsp3) is 0.900. The number of allylic oxidation sites excluding steroid dienone is 1. The van der Waals surface area contributed by atoms with Gasteiger partial charge in [-0.2, -0.15) is 0 Å². The number of esters is 2. The molecule has 0 spiro atoms. The number of aliphatic hydroxyl groups excluding tert-OH is 3. The molecule has 0 aliphatic heterocycles. The van der Waals surface area contributed by atoms with Gasteiger partial charge in [0.15, 0.2) is 6.10 Å². The second-order valence-electron chi connectivity index (χ2n) is 14.2. The lowest BCUT2D eigenvalue weighted by molar-refractivity contribution is -0.161. The Hall–Kier alpha value is -1.44. The van der Waals surface area contributed by atoms with Gasteiger partial charge in [-0.3, -0.25) is 9.59 Å². The summed E-state index contributed by atoms with van der Waals surface area (Å²) in [6, 6.07) is 0. The Kier molecular flexibility index (Phi) is 33.4. The average molecular weight is 669 g/mol. The SMILES string of the molecule is CCCCC/C=C\C[C@H](O)[C@@H](O)CCCCCCCC(=O)O[C@@H](CO)COC(=O)CCCCCCCCCCCCCCCC(C)C. The first-order valence-corrected chi connectivity index (χ1v) is 19.8. The van der Waals surface area contributed by atoms with Gasteiger partial charge in [-0.1, -0.05) is 155 Å². The summed E-state index contributed by atoms with van der Waals surface area (Å²) in [5.41, 5.74) is 0. The molecule has 7 nitrogen and oxygen atoms in total. The summed E-state index contributed by atoms with van der Waals surface area (Å²) in [6.07, 6.45) is 30.1. The minimum absolute atomic E-state index is 0.109. The zero-order chi connectivity index (χ0) is 34.8. The van der Waals surface area contributed by atoms with Crippen molar-refractivity contribution in [1.29, 1.82) is 0 Å². The highest BCUT2D eigenvalue weighted by Gasteiger charge is 2.16. The molecule has 278 valence electrons. The van der Waals surface area contributed by atoms with Crippen molar-refractivity contribution < 1.29 is 34.4 Å². The monoisotopic (exact) mass is 669 g/mol. The van der Waals surface area contributed by atoms with Crippen LogP contribution in [0.1, 0.15) is 194 Å². The van der Waals surface area contributed by atoms with Crippen LogP contribution in [0.2, 0.25) is 0 Å². The van der Waals surface area contributed by atoms with E-state index in [1.807, 2.05) is 6.08 Å². The summed E-state index contributed by atoms with van der Waals surface area (Å²) in [5.74, 6) is 0.141.